The van der Waals surface area contributed by atoms with Crippen molar-refractivity contribution in [1.82, 2.24) is 9.55 Å². The van der Waals surface area contributed by atoms with Gasteiger partial charge in [0.2, 0.25) is 5.79 Å². The second kappa shape index (κ2) is 14.8. The van der Waals surface area contributed by atoms with E-state index in [1.54, 1.807) is 17.0 Å². The number of allylic oxidation sites excluding steroid dienone is 3. The Bertz CT molecular complexity index is 1450. The van der Waals surface area contributed by atoms with Crippen molar-refractivity contribution < 1.29 is 48.2 Å². The molecule has 0 spiro atoms. The maximum absolute atomic E-state index is 13.3. The minimum atomic E-state index is -1.39. The van der Waals surface area contributed by atoms with Crippen molar-refractivity contribution >= 4 is 18.0 Å². The molecule has 12 heteroatoms. The summed E-state index contributed by atoms with van der Waals surface area (Å²) < 4.78 is 38.6. The van der Waals surface area contributed by atoms with Gasteiger partial charge in [0.1, 0.15) is 23.9 Å². The van der Waals surface area contributed by atoms with Gasteiger partial charge in [0.15, 0.2) is 12.4 Å². The molecule has 1 aliphatic carbocycles. The van der Waals surface area contributed by atoms with E-state index in [0.717, 1.165) is 6.42 Å². The second-order valence-electron chi connectivity index (χ2n) is 13.8. The van der Waals surface area contributed by atoms with Crippen LogP contribution in [0.4, 0.5) is 0 Å². The Kier molecular flexibility index (Phi) is 11.1. The van der Waals surface area contributed by atoms with Crippen molar-refractivity contribution in [3.63, 3.8) is 0 Å². The lowest BCUT2D eigenvalue weighted by atomic mass is 9.65. The highest BCUT2D eigenvalue weighted by atomic mass is 16.7. The summed E-state index contributed by atoms with van der Waals surface area (Å²) in [7, 11) is 1.86. The summed E-state index contributed by atoms with van der Waals surface area (Å²) in [6.07, 6.45) is 10.4. The smallest absolute Gasteiger partial charge is 0.331 e. The average Bonchev–Trinajstić information content (AvgIpc) is 3.61. The van der Waals surface area contributed by atoms with Gasteiger partial charge in [-0.15, -0.1) is 0 Å². The van der Waals surface area contributed by atoms with E-state index in [0.29, 0.717) is 30.2 Å². The van der Waals surface area contributed by atoms with Gasteiger partial charge >= 0.3 is 11.9 Å². The first-order valence-electron chi connectivity index (χ1n) is 16.8. The van der Waals surface area contributed by atoms with E-state index < -0.39 is 54.0 Å². The van der Waals surface area contributed by atoms with Gasteiger partial charge in [-0.25, -0.2) is 9.78 Å². The number of carbonyl (C=O) groups is 2. The van der Waals surface area contributed by atoms with Crippen LogP contribution in [0, 0.1) is 23.7 Å². The number of aryl methyl sites for hydroxylation is 1. The van der Waals surface area contributed by atoms with E-state index in [1.165, 1.54) is 18.6 Å². The number of esters is 2. The van der Waals surface area contributed by atoms with Crippen LogP contribution >= 0.6 is 0 Å². The van der Waals surface area contributed by atoms with Crippen LogP contribution in [0.25, 0.3) is 6.08 Å². The molecule has 2 bridgehead atoms. The second-order valence-corrected chi connectivity index (χ2v) is 13.8. The molecule has 2 N–H and O–H groups in total. The average molecular weight is 671 g/mol. The summed E-state index contributed by atoms with van der Waals surface area (Å²) in [5.74, 6) is -1.89. The van der Waals surface area contributed by atoms with E-state index in [4.69, 9.17) is 28.4 Å². The minimum Gasteiger partial charge on any atom is -0.456 e. The number of aliphatic hydroxyl groups is 2. The van der Waals surface area contributed by atoms with Crippen molar-refractivity contribution in [2.45, 2.75) is 96.5 Å². The lowest BCUT2D eigenvalue weighted by Gasteiger charge is -2.41. The Morgan fingerprint density at radius 2 is 2.00 bits per heavy atom. The fraction of sp³-hybridized carbons (Fsp3) is 0.639. The molecule has 1 aromatic heterocycles. The first-order valence-corrected chi connectivity index (χ1v) is 16.8. The standard InChI is InChI=1S/C36H50N2O10/c1-8-45-36-14-13-35(6,48-36)30(47-31(41)12-10-25-17-38(7)20-37-25)16-27-22(4)9-11-26(21(2)3)28(27)15-24(36)18-43-34-33(46-23(5)39)32(42)29(40)19-44-34/h9-10,12-15,17,20-21,26-30,32-34,40,42H,8,11,16,18-19H2,1-7H3. The zero-order valence-electron chi connectivity index (χ0n) is 28.9. The third-order valence-electron chi connectivity index (χ3n) is 9.93. The SMILES string of the molecule is CCOC12C=CC(C)(O1)C(OC(=O)C=Cc1cn(C)cn1)CC1C(C)=CCC(C(C)C)C1C=C2COC1OCC(O)C(O)C1OC(C)=O. The van der Waals surface area contributed by atoms with Gasteiger partial charge in [0.25, 0.3) is 0 Å². The molecule has 4 heterocycles. The zero-order valence-corrected chi connectivity index (χ0v) is 28.9. The summed E-state index contributed by atoms with van der Waals surface area (Å²) in [5, 5.41) is 20.9. The van der Waals surface area contributed by atoms with Gasteiger partial charge in [-0.3, -0.25) is 4.79 Å². The Hall–Kier alpha value is -3.13. The lowest BCUT2D eigenvalue weighted by Crippen LogP contribution is -2.55. The normalized spacial score (nSPS) is 36.5. The van der Waals surface area contributed by atoms with Crippen LogP contribution in [0.5, 0.6) is 0 Å². The van der Waals surface area contributed by atoms with Gasteiger partial charge < -0.3 is 43.2 Å². The molecule has 3 aliphatic heterocycles. The van der Waals surface area contributed by atoms with Crippen molar-refractivity contribution in [2.24, 2.45) is 30.7 Å². The number of imidazole rings is 1. The fourth-order valence-electron chi connectivity index (χ4n) is 7.31. The van der Waals surface area contributed by atoms with E-state index in [9.17, 15) is 19.8 Å². The highest BCUT2D eigenvalue weighted by Crippen LogP contribution is 2.50. The molecule has 10 atom stereocenters. The Morgan fingerprint density at radius 1 is 1.23 bits per heavy atom. The van der Waals surface area contributed by atoms with Crippen molar-refractivity contribution in [1.29, 1.82) is 0 Å². The molecule has 264 valence electrons. The summed E-state index contributed by atoms with van der Waals surface area (Å²) >= 11 is 0. The molecule has 48 heavy (non-hydrogen) atoms. The number of hydrogen-bond acceptors (Lipinski definition) is 11. The van der Waals surface area contributed by atoms with Crippen LogP contribution < -0.4 is 0 Å². The van der Waals surface area contributed by atoms with Crippen LogP contribution in [-0.2, 0) is 45.1 Å². The van der Waals surface area contributed by atoms with Crippen LogP contribution in [0.2, 0.25) is 0 Å². The quantitative estimate of drug-likeness (QED) is 0.214. The molecular formula is C36H50N2O10. The summed E-state index contributed by atoms with van der Waals surface area (Å²) in [5.41, 5.74) is 1.46. The first-order chi connectivity index (χ1) is 22.7. The minimum absolute atomic E-state index is 0.0140. The van der Waals surface area contributed by atoms with Crippen molar-refractivity contribution in [2.75, 3.05) is 19.8 Å². The first kappa shape index (κ1) is 36.2. The predicted octanol–water partition coefficient (Wildman–Crippen LogP) is 3.63. The Morgan fingerprint density at radius 3 is 2.67 bits per heavy atom. The Balaban J connectivity index is 1.51. The number of nitrogens with zero attached hydrogens (tertiary/aromatic N) is 2. The molecular weight excluding hydrogens is 620 g/mol. The third-order valence-corrected chi connectivity index (χ3v) is 9.93. The number of fused-ring (bicyclic) bond motifs is 3. The topological polar surface area (TPSA) is 148 Å². The van der Waals surface area contributed by atoms with E-state index in [-0.39, 0.29) is 31.0 Å². The molecule has 12 nitrogen and oxygen atoms in total. The number of hydrogen-bond donors (Lipinski definition) is 2. The van der Waals surface area contributed by atoms with Gasteiger partial charge in [-0.1, -0.05) is 31.6 Å². The number of ether oxygens (including phenoxy) is 6. The highest BCUT2D eigenvalue weighted by Gasteiger charge is 2.54. The maximum atomic E-state index is 13.3. The Labute approximate surface area is 282 Å². The van der Waals surface area contributed by atoms with Crippen molar-refractivity contribution in [3.8, 4) is 0 Å². The van der Waals surface area contributed by atoms with Crippen LogP contribution in [-0.4, -0.2) is 93.6 Å². The highest BCUT2D eigenvalue weighted by molar-refractivity contribution is 5.86. The maximum Gasteiger partial charge on any atom is 0.331 e. The predicted molar refractivity (Wildman–Crippen MR) is 175 cm³/mol. The number of aromatic nitrogens is 2. The molecule has 0 aromatic carbocycles. The molecule has 5 rings (SSSR count). The van der Waals surface area contributed by atoms with Gasteiger partial charge in [0, 0.05) is 38.4 Å². The molecule has 0 radical (unpaired) electrons. The summed E-state index contributed by atoms with van der Waals surface area (Å²) in [6, 6.07) is 0. The van der Waals surface area contributed by atoms with E-state index >= 15 is 0 Å². The van der Waals surface area contributed by atoms with Gasteiger partial charge in [-0.2, -0.15) is 0 Å². The number of aliphatic hydroxyl groups excluding tert-OH is 2. The zero-order chi connectivity index (χ0) is 34.8. The molecule has 1 saturated heterocycles. The third kappa shape index (κ3) is 7.69. The monoisotopic (exact) mass is 670 g/mol. The summed E-state index contributed by atoms with van der Waals surface area (Å²) in [6.45, 7) is 11.6. The molecule has 1 aromatic rings. The molecule has 0 amide bonds. The van der Waals surface area contributed by atoms with Gasteiger partial charge in [-0.05, 0) is 75.5 Å². The van der Waals surface area contributed by atoms with E-state index in [1.807, 2.05) is 39.2 Å². The molecule has 10 unspecified atom stereocenters. The number of rotatable bonds is 10. The lowest BCUT2D eigenvalue weighted by molar-refractivity contribution is -0.278. The van der Waals surface area contributed by atoms with Crippen LogP contribution in [0.3, 0.4) is 0 Å². The number of carbonyl (C=O) groups excluding carboxylic acids is 2. The van der Waals surface area contributed by atoms with Crippen molar-refractivity contribution in [3.05, 3.63) is 59.7 Å². The fourth-order valence-corrected chi connectivity index (χ4v) is 7.31. The van der Waals surface area contributed by atoms with Gasteiger partial charge in [0.05, 0.1) is 25.2 Å². The largest absolute Gasteiger partial charge is 0.456 e. The molecule has 1 fully saturated rings. The van der Waals surface area contributed by atoms with Crippen LogP contribution in [0.15, 0.2) is 54.1 Å². The molecule has 0 saturated carbocycles. The van der Waals surface area contributed by atoms with Crippen LogP contribution in [0.1, 0.15) is 60.1 Å². The van der Waals surface area contributed by atoms with E-state index in [2.05, 4.69) is 37.9 Å². The molecule has 4 aliphatic rings. The summed E-state index contributed by atoms with van der Waals surface area (Å²) in [4.78, 5) is 29.5.